The molecule has 0 bridgehead atoms. The molecule has 0 radical (unpaired) electrons. The second-order valence-corrected chi connectivity index (χ2v) is 6.56. The van der Waals surface area contributed by atoms with E-state index in [9.17, 15) is 0 Å². The fourth-order valence-electron chi connectivity index (χ4n) is 2.71. The molecule has 2 aromatic carbocycles. The first-order chi connectivity index (χ1) is 12.5. The zero-order chi connectivity index (χ0) is 19.1. The van der Waals surface area contributed by atoms with E-state index in [1.165, 1.54) is 24.5 Å². The van der Waals surface area contributed by atoms with Crippen LogP contribution >= 0.6 is 11.6 Å². The van der Waals surface area contributed by atoms with E-state index in [0.717, 1.165) is 5.75 Å². The van der Waals surface area contributed by atoms with Crippen LogP contribution in [0.2, 0.25) is 5.02 Å². The molecule has 0 fully saturated rings. The first-order valence-corrected chi connectivity index (χ1v) is 8.75. The quantitative estimate of drug-likeness (QED) is 0.303. The highest BCUT2D eigenvalue weighted by Crippen LogP contribution is 2.36. The Morgan fingerprint density at radius 2 is 1.88 bits per heavy atom. The first kappa shape index (κ1) is 19.9. The Morgan fingerprint density at radius 3 is 2.50 bits per heavy atom. The van der Waals surface area contributed by atoms with E-state index in [2.05, 4.69) is 32.0 Å². The summed E-state index contributed by atoms with van der Waals surface area (Å²) < 4.78 is 16.8. The van der Waals surface area contributed by atoms with E-state index in [0.29, 0.717) is 41.2 Å². The number of hydrogen-bond donors (Lipinski definition) is 1. The Balaban J connectivity index is 1.97. The molecule has 0 aliphatic carbocycles. The summed E-state index contributed by atoms with van der Waals surface area (Å²) in [7, 11) is 1.52. The van der Waals surface area contributed by atoms with Gasteiger partial charge in [-0.1, -0.05) is 36.7 Å². The Labute approximate surface area is 159 Å². The molecule has 5 nitrogen and oxygen atoms in total. The van der Waals surface area contributed by atoms with E-state index >= 15 is 0 Å². The van der Waals surface area contributed by atoms with Crippen molar-refractivity contribution in [3.8, 4) is 17.2 Å². The molecule has 1 N–H and O–H groups in total. The number of hydrogen-bond acceptors (Lipinski definition) is 5. The van der Waals surface area contributed by atoms with Crippen LogP contribution in [-0.2, 0) is 0 Å². The van der Waals surface area contributed by atoms with Crippen molar-refractivity contribution in [2.45, 2.75) is 26.7 Å². The van der Waals surface area contributed by atoms with E-state index in [-0.39, 0.29) is 0 Å². The molecular weight excluding hydrogens is 354 g/mol. The van der Waals surface area contributed by atoms with E-state index in [1.54, 1.807) is 12.1 Å². The van der Waals surface area contributed by atoms with Crippen molar-refractivity contribution in [3.63, 3.8) is 0 Å². The highest BCUT2D eigenvalue weighted by atomic mass is 35.5. The summed E-state index contributed by atoms with van der Waals surface area (Å²) in [5, 5.41) is 12.0. The third-order valence-electron chi connectivity index (χ3n) is 3.92. The normalized spacial score (nSPS) is 11.2. The summed E-state index contributed by atoms with van der Waals surface area (Å²) in [4.78, 5) is 0. The van der Waals surface area contributed by atoms with Gasteiger partial charge in [0.15, 0.2) is 11.5 Å². The third-order valence-corrected chi connectivity index (χ3v) is 4.20. The minimum absolute atomic E-state index is 0.314. The highest BCUT2D eigenvalue weighted by molar-refractivity contribution is 6.32. The van der Waals surface area contributed by atoms with E-state index in [1.807, 2.05) is 12.1 Å². The molecule has 0 aliphatic heterocycles. The third kappa shape index (κ3) is 5.05. The Bertz CT molecular complexity index is 775. The zero-order valence-corrected chi connectivity index (χ0v) is 16.2. The number of aryl methyl sites for hydroxylation is 1. The highest BCUT2D eigenvalue weighted by Gasteiger charge is 2.12. The molecule has 0 aliphatic rings. The predicted octanol–water partition coefficient (Wildman–Crippen LogP) is 5.05. The lowest BCUT2D eigenvalue weighted by molar-refractivity contribution is 0.211. The van der Waals surface area contributed by atoms with E-state index < -0.39 is 0 Å². The number of halogens is 1. The molecule has 26 heavy (non-hydrogen) atoms. The van der Waals surface area contributed by atoms with Crippen LogP contribution < -0.4 is 14.2 Å². The number of oxime groups is 1. The maximum absolute atomic E-state index is 8.63. The van der Waals surface area contributed by atoms with Crippen LogP contribution in [0.4, 0.5) is 0 Å². The molecule has 0 saturated heterocycles. The van der Waals surface area contributed by atoms with Gasteiger partial charge >= 0.3 is 0 Å². The lowest BCUT2D eigenvalue weighted by Crippen LogP contribution is -2.10. The average Bonchev–Trinajstić information content (AvgIpc) is 2.59. The van der Waals surface area contributed by atoms with Crippen LogP contribution in [0.1, 0.15) is 36.5 Å². The molecule has 0 spiro atoms. The van der Waals surface area contributed by atoms with Gasteiger partial charge < -0.3 is 19.4 Å². The average molecular weight is 378 g/mol. The number of nitrogens with zero attached hydrogens (tertiary/aromatic N) is 1. The summed E-state index contributed by atoms with van der Waals surface area (Å²) in [6.45, 7) is 7.12. The van der Waals surface area contributed by atoms with Gasteiger partial charge in [0.05, 0.1) is 18.3 Å². The molecule has 0 heterocycles. The van der Waals surface area contributed by atoms with Crippen molar-refractivity contribution in [2.75, 3.05) is 20.3 Å². The van der Waals surface area contributed by atoms with Crippen LogP contribution in [-0.4, -0.2) is 31.7 Å². The smallest absolute Gasteiger partial charge is 0.179 e. The van der Waals surface area contributed by atoms with Crippen LogP contribution in [0.5, 0.6) is 17.2 Å². The number of rotatable bonds is 8. The maximum atomic E-state index is 8.63. The van der Waals surface area contributed by atoms with Crippen LogP contribution in [0.3, 0.4) is 0 Å². The van der Waals surface area contributed by atoms with Gasteiger partial charge in [0.2, 0.25) is 0 Å². The van der Waals surface area contributed by atoms with Crippen LogP contribution in [0.15, 0.2) is 35.5 Å². The van der Waals surface area contributed by atoms with Gasteiger partial charge in [0.25, 0.3) is 0 Å². The van der Waals surface area contributed by atoms with Crippen molar-refractivity contribution in [2.24, 2.45) is 5.16 Å². The van der Waals surface area contributed by atoms with Gasteiger partial charge in [0, 0.05) is 5.56 Å². The molecule has 0 aromatic heterocycles. The lowest BCUT2D eigenvalue weighted by atomic mass is 9.98. The number of ether oxygens (including phenoxy) is 3. The van der Waals surface area contributed by atoms with Crippen molar-refractivity contribution in [1.29, 1.82) is 0 Å². The summed E-state index contributed by atoms with van der Waals surface area (Å²) in [5.74, 6) is 2.19. The van der Waals surface area contributed by atoms with E-state index in [4.69, 9.17) is 31.0 Å². The van der Waals surface area contributed by atoms with Crippen molar-refractivity contribution < 1.29 is 19.4 Å². The van der Waals surface area contributed by atoms with Gasteiger partial charge in [-0.15, -0.1) is 0 Å². The molecule has 0 amide bonds. The lowest BCUT2D eigenvalue weighted by Gasteiger charge is -2.15. The molecule has 2 rings (SSSR count). The standard InChI is InChI=1S/C20H24ClNO4/c1-13(2)17-6-5-16(9-14(17)3)25-7-8-26-20-18(21)10-15(12-22-23)11-19(20)24-4/h5-6,9-13,23H,7-8H2,1-4H3. The molecule has 6 heteroatoms. The Kier molecular flexibility index (Phi) is 7.16. The second-order valence-electron chi connectivity index (χ2n) is 6.15. The zero-order valence-electron chi connectivity index (χ0n) is 15.5. The fraction of sp³-hybridized carbons (Fsp3) is 0.350. The summed E-state index contributed by atoms with van der Waals surface area (Å²) in [5.41, 5.74) is 3.14. The maximum Gasteiger partial charge on any atom is 0.179 e. The molecule has 2 aromatic rings. The van der Waals surface area contributed by atoms with Gasteiger partial charge in [-0.25, -0.2) is 0 Å². The molecule has 140 valence electrons. The topological polar surface area (TPSA) is 60.3 Å². The van der Waals surface area contributed by atoms with Crippen LogP contribution in [0, 0.1) is 6.92 Å². The summed E-state index contributed by atoms with van der Waals surface area (Å²) in [6, 6.07) is 9.41. The molecule has 0 atom stereocenters. The summed E-state index contributed by atoms with van der Waals surface area (Å²) in [6.07, 6.45) is 1.27. The largest absolute Gasteiger partial charge is 0.493 e. The van der Waals surface area contributed by atoms with Gasteiger partial charge in [-0.05, 0) is 48.2 Å². The van der Waals surface area contributed by atoms with Crippen molar-refractivity contribution in [3.05, 3.63) is 52.0 Å². The van der Waals surface area contributed by atoms with Gasteiger partial charge in [-0.2, -0.15) is 0 Å². The minimum atomic E-state index is 0.314. The minimum Gasteiger partial charge on any atom is -0.493 e. The first-order valence-electron chi connectivity index (χ1n) is 8.37. The second kappa shape index (κ2) is 9.34. The summed E-state index contributed by atoms with van der Waals surface area (Å²) >= 11 is 6.22. The molecule has 0 saturated carbocycles. The monoisotopic (exact) mass is 377 g/mol. The fourth-order valence-corrected chi connectivity index (χ4v) is 2.98. The van der Waals surface area contributed by atoms with Crippen LogP contribution in [0.25, 0.3) is 0 Å². The van der Waals surface area contributed by atoms with Gasteiger partial charge in [0.1, 0.15) is 19.0 Å². The predicted molar refractivity (Wildman–Crippen MR) is 104 cm³/mol. The molecular formula is C20H24ClNO4. The Morgan fingerprint density at radius 1 is 1.15 bits per heavy atom. The van der Waals surface area contributed by atoms with Crippen molar-refractivity contribution >= 4 is 17.8 Å². The number of benzene rings is 2. The van der Waals surface area contributed by atoms with Gasteiger partial charge in [-0.3, -0.25) is 0 Å². The molecule has 0 unspecified atom stereocenters. The van der Waals surface area contributed by atoms with Crippen molar-refractivity contribution in [1.82, 2.24) is 0 Å². The SMILES string of the molecule is COc1cc(C=NO)cc(Cl)c1OCCOc1ccc(C(C)C)c(C)c1. The Hall–Kier alpha value is -2.40. The number of methoxy groups -OCH3 is 1.